The van der Waals surface area contributed by atoms with Crippen molar-refractivity contribution < 1.29 is 9.52 Å². The smallest absolute Gasteiger partial charge is 0.110 e. The van der Waals surface area contributed by atoms with Crippen LogP contribution in [-0.2, 0) is 12.0 Å². The molecule has 0 fully saturated rings. The third-order valence-corrected chi connectivity index (χ3v) is 2.97. The van der Waals surface area contributed by atoms with Gasteiger partial charge in [-0.15, -0.1) is 0 Å². The van der Waals surface area contributed by atoms with Crippen LogP contribution >= 0.6 is 0 Å². The molecule has 2 nitrogen and oxygen atoms in total. The molecule has 2 rings (SSSR count). The van der Waals surface area contributed by atoms with Gasteiger partial charge in [-0.1, -0.05) is 34.6 Å². The summed E-state index contributed by atoms with van der Waals surface area (Å²) in [7, 11) is 0. The van der Waals surface area contributed by atoms with E-state index in [1.807, 2.05) is 19.9 Å². The van der Waals surface area contributed by atoms with Crippen LogP contribution in [0.3, 0.4) is 0 Å². The fraction of sp³-hybridized carbons (Fsp3) is 0.750. The molecule has 1 aromatic heterocycles. The van der Waals surface area contributed by atoms with Crippen LogP contribution in [0.25, 0.3) is 0 Å². The molecule has 1 unspecified atom stereocenters. The van der Waals surface area contributed by atoms with Crippen LogP contribution in [0.5, 0.6) is 0 Å². The number of rotatable bonds is 0. The standard InChI is InChI=1S/C12H18O2.C4H10/c1-8-5-9-10(14-8)6-11(2,3)7-12(9,4)13;1-4(2)3/h5,13H,6-7H2,1-4H3;4H,1-3H3. The van der Waals surface area contributed by atoms with Crippen LogP contribution in [0.4, 0.5) is 0 Å². The van der Waals surface area contributed by atoms with Crippen molar-refractivity contribution in [1.29, 1.82) is 0 Å². The number of aliphatic hydroxyl groups is 1. The Morgan fingerprint density at radius 1 is 1.22 bits per heavy atom. The summed E-state index contributed by atoms with van der Waals surface area (Å²) in [4.78, 5) is 0. The highest BCUT2D eigenvalue weighted by atomic mass is 16.3. The molecule has 0 aromatic carbocycles. The van der Waals surface area contributed by atoms with Gasteiger partial charge in [0.1, 0.15) is 11.5 Å². The number of furan rings is 1. The van der Waals surface area contributed by atoms with Crippen LogP contribution in [0.1, 0.15) is 65.0 Å². The van der Waals surface area contributed by atoms with Crippen LogP contribution in [0.15, 0.2) is 10.5 Å². The topological polar surface area (TPSA) is 33.4 Å². The van der Waals surface area contributed by atoms with E-state index in [1.165, 1.54) is 0 Å². The van der Waals surface area contributed by atoms with Gasteiger partial charge in [-0.3, -0.25) is 0 Å². The zero-order valence-electron chi connectivity index (χ0n) is 12.9. The highest BCUT2D eigenvalue weighted by Gasteiger charge is 2.41. The van der Waals surface area contributed by atoms with E-state index in [9.17, 15) is 5.11 Å². The van der Waals surface area contributed by atoms with Crippen LogP contribution in [0.2, 0.25) is 0 Å². The molecular weight excluding hydrogens is 224 g/mol. The quantitative estimate of drug-likeness (QED) is 0.741. The van der Waals surface area contributed by atoms with Gasteiger partial charge in [-0.25, -0.2) is 0 Å². The summed E-state index contributed by atoms with van der Waals surface area (Å²) in [5, 5.41) is 10.3. The van der Waals surface area contributed by atoms with E-state index < -0.39 is 5.60 Å². The lowest BCUT2D eigenvalue weighted by Crippen LogP contribution is -2.35. The zero-order chi connectivity index (χ0) is 14.1. The summed E-state index contributed by atoms with van der Waals surface area (Å²) in [6.45, 7) is 14.6. The molecule has 1 aliphatic rings. The van der Waals surface area contributed by atoms with Gasteiger partial charge in [0.05, 0.1) is 5.60 Å². The highest BCUT2D eigenvalue weighted by Crippen LogP contribution is 2.45. The van der Waals surface area contributed by atoms with Crippen LogP contribution in [-0.4, -0.2) is 5.11 Å². The molecule has 1 aromatic rings. The lowest BCUT2D eigenvalue weighted by Gasteiger charge is -2.38. The molecule has 1 aliphatic carbocycles. The van der Waals surface area contributed by atoms with Crippen molar-refractivity contribution in [2.24, 2.45) is 11.3 Å². The second kappa shape index (κ2) is 5.08. The van der Waals surface area contributed by atoms with E-state index in [-0.39, 0.29) is 5.41 Å². The minimum atomic E-state index is -0.727. The predicted octanol–water partition coefficient (Wildman–Crippen LogP) is 4.43. The molecule has 0 amide bonds. The minimum Gasteiger partial charge on any atom is -0.466 e. The largest absolute Gasteiger partial charge is 0.466 e. The van der Waals surface area contributed by atoms with Crippen molar-refractivity contribution in [2.45, 2.75) is 66.9 Å². The molecule has 0 bridgehead atoms. The first kappa shape index (κ1) is 15.3. The monoisotopic (exact) mass is 252 g/mol. The molecular formula is C16H28O2. The first-order valence-electron chi connectivity index (χ1n) is 6.86. The highest BCUT2D eigenvalue weighted by molar-refractivity contribution is 5.31. The number of hydrogen-bond donors (Lipinski definition) is 1. The van der Waals surface area contributed by atoms with Crippen molar-refractivity contribution in [3.05, 3.63) is 23.2 Å². The Morgan fingerprint density at radius 3 is 2.22 bits per heavy atom. The summed E-state index contributed by atoms with van der Waals surface area (Å²) in [5.41, 5.74) is 0.379. The van der Waals surface area contributed by atoms with Crippen molar-refractivity contribution in [1.82, 2.24) is 0 Å². The maximum absolute atomic E-state index is 10.3. The lowest BCUT2D eigenvalue weighted by molar-refractivity contribution is -0.00489. The zero-order valence-corrected chi connectivity index (χ0v) is 12.9. The van der Waals surface area contributed by atoms with Crippen LogP contribution in [0, 0.1) is 18.3 Å². The number of aryl methyl sites for hydroxylation is 1. The van der Waals surface area contributed by atoms with Gasteiger partial charge < -0.3 is 9.52 Å². The van der Waals surface area contributed by atoms with Crippen molar-refractivity contribution in [3.8, 4) is 0 Å². The second-order valence-electron chi connectivity index (χ2n) is 7.22. The first-order valence-corrected chi connectivity index (χ1v) is 6.86. The summed E-state index contributed by atoms with van der Waals surface area (Å²) in [6.07, 6.45) is 1.72. The maximum atomic E-state index is 10.3. The van der Waals surface area contributed by atoms with E-state index in [1.54, 1.807) is 0 Å². The average Bonchev–Trinajstić information content (AvgIpc) is 2.41. The molecule has 1 N–H and O–H groups in total. The average molecular weight is 252 g/mol. The van der Waals surface area contributed by atoms with Crippen molar-refractivity contribution in [2.75, 3.05) is 0 Å². The molecule has 2 heteroatoms. The Kier molecular flexibility index (Phi) is 4.32. The van der Waals surface area contributed by atoms with Gasteiger partial charge in [0, 0.05) is 12.0 Å². The third-order valence-electron chi connectivity index (χ3n) is 2.97. The van der Waals surface area contributed by atoms with Gasteiger partial charge >= 0.3 is 0 Å². The second-order valence-corrected chi connectivity index (χ2v) is 7.22. The van der Waals surface area contributed by atoms with E-state index >= 15 is 0 Å². The molecule has 0 spiro atoms. The van der Waals surface area contributed by atoms with Gasteiger partial charge in [0.25, 0.3) is 0 Å². The SMILES string of the molecule is CC(C)C.Cc1cc2c(o1)CC(C)(C)CC2(C)O. The Bertz CT molecular complexity index is 394. The Morgan fingerprint density at radius 2 is 1.72 bits per heavy atom. The molecule has 0 saturated heterocycles. The molecule has 0 aliphatic heterocycles. The predicted molar refractivity (Wildman–Crippen MR) is 75.6 cm³/mol. The Balaban J connectivity index is 0.000000357. The van der Waals surface area contributed by atoms with Gasteiger partial charge in [0.2, 0.25) is 0 Å². The van der Waals surface area contributed by atoms with E-state index in [4.69, 9.17) is 4.42 Å². The minimum absolute atomic E-state index is 0.126. The molecule has 18 heavy (non-hydrogen) atoms. The van der Waals surface area contributed by atoms with Crippen molar-refractivity contribution >= 4 is 0 Å². The third kappa shape index (κ3) is 3.88. The van der Waals surface area contributed by atoms with E-state index in [2.05, 4.69) is 34.6 Å². The lowest BCUT2D eigenvalue weighted by atomic mass is 9.70. The van der Waals surface area contributed by atoms with E-state index in [0.29, 0.717) is 0 Å². The maximum Gasteiger partial charge on any atom is 0.110 e. The summed E-state index contributed by atoms with van der Waals surface area (Å²) < 4.78 is 5.62. The fourth-order valence-electron chi connectivity index (χ4n) is 2.67. The molecule has 104 valence electrons. The molecule has 1 heterocycles. The molecule has 0 radical (unpaired) electrons. The van der Waals surface area contributed by atoms with Crippen LogP contribution < -0.4 is 0 Å². The normalized spacial score (nSPS) is 25.4. The number of hydrogen-bond acceptors (Lipinski definition) is 2. The summed E-state index contributed by atoms with van der Waals surface area (Å²) >= 11 is 0. The summed E-state index contributed by atoms with van der Waals surface area (Å²) in [5.74, 6) is 2.69. The van der Waals surface area contributed by atoms with E-state index in [0.717, 1.165) is 35.8 Å². The van der Waals surface area contributed by atoms with Gasteiger partial charge in [-0.2, -0.15) is 0 Å². The first-order chi connectivity index (χ1) is 8.03. The molecule has 0 saturated carbocycles. The van der Waals surface area contributed by atoms with Gasteiger partial charge in [-0.05, 0) is 37.7 Å². The van der Waals surface area contributed by atoms with Gasteiger partial charge in [0.15, 0.2) is 0 Å². The fourth-order valence-corrected chi connectivity index (χ4v) is 2.67. The number of fused-ring (bicyclic) bond motifs is 1. The van der Waals surface area contributed by atoms with Crippen molar-refractivity contribution in [3.63, 3.8) is 0 Å². The Hall–Kier alpha value is -0.760. The summed E-state index contributed by atoms with van der Waals surface area (Å²) in [6, 6.07) is 1.96. The molecule has 1 atom stereocenters. The Labute approximate surface area is 111 Å².